The molecule has 3 heteroatoms. The maximum atomic E-state index is 11.7. The van der Waals surface area contributed by atoms with Gasteiger partial charge in [0.1, 0.15) is 0 Å². The minimum absolute atomic E-state index is 0.0420. The third-order valence-corrected chi connectivity index (χ3v) is 2.28. The summed E-state index contributed by atoms with van der Waals surface area (Å²) in [6, 6.07) is 0.175. The summed E-state index contributed by atoms with van der Waals surface area (Å²) in [5.74, 6) is 0.209. The number of hydrogen-bond acceptors (Lipinski definition) is 2. The fourth-order valence-corrected chi connectivity index (χ4v) is 1.19. The highest BCUT2D eigenvalue weighted by atomic mass is 16.3. The highest BCUT2D eigenvalue weighted by Crippen LogP contribution is 2.09. The Morgan fingerprint density at radius 2 is 1.92 bits per heavy atom. The highest BCUT2D eigenvalue weighted by Gasteiger charge is 2.20. The number of nitrogens with zero attached hydrogens (tertiary/aromatic N) is 1. The van der Waals surface area contributed by atoms with Crippen LogP contribution in [0.1, 0.15) is 34.1 Å². The van der Waals surface area contributed by atoms with Crippen LogP contribution in [0.15, 0.2) is 0 Å². The fraction of sp³-hybridized carbons (Fsp3) is 0.900. The van der Waals surface area contributed by atoms with Crippen LogP contribution in [0.5, 0.6) is 0 Å². The van der Waals surface area contributed by atoms with Gasteiger partial charge in [0.2, 0.25) is 5.91 Å². The summed E-state index contributed by atoms with van der Waals surface area (Å²) in [5, 5.41) is 8.80. The van der Waals surface area contributed by atoms with E-state index in [0.29, 0.717) is 6.54 Å². The predicted octanol–water partition coefficient (Wildman–Crippen LogP) is 1.26. The van der Waals surface area contributed by atoms with Crippen molar-refractivity contribution in [3.8, 4) is 0 Å². The number of aliphatic hydroxyl groups is 1. The van der Waals surface area contributed by atoms with Gasteiger partial charge in [-0.2, -0.15) is 0 Å². The zero-order chi connectivity index (χ0) is 10.4. The summed E-state index contributed by atoms with van der Waals surface area (Å²) < 4.78 is 0. The average molecular weight is 187 g/mol. The Morgan fingerprint density at radius 3 is 2.23 bits per heavy atom. The molecule has 0 rings (SSSR count). The van der Waals surface area contributed by atoms with Gasteiger partial charge in [-0.15, -0.1) is 0 Å². The van der Waals surface area contributed by atoms with Crippen LogP contribution in [0.4, 0.5) is 0 Å². The van der Waals surface area contributed by atoms with Crippen LogP contribution in [-0.2, 0) is 4.79 Å². The third-order valence-electron chi connectivity index (χ3n) is 2.28. The van der Waals surface area contributed by atoms with E-state index >= 15 is 0 Å². The third kappa shape index (κ3) is 3.77. The Morgan fingerprint density at radius 1 is 1.38 bits per heavy atom. The summed E-state index contributed by atoms with van der Waals surface area (Å²) in [6.45, 7) is 8.35. The van der Waals surface area contributed by atoms with Crippen LogP contribution in [0.25, 0.3) is 0 Å². The number of amides is 1. The normalized spacial score (nSPS) is 13.1. The smallest absolute Gasteiger partial charge is 0.225 e. The second-order valence-corrected chi connectivity index (χ2v) is 3.66. The monoisotopic (exact) mass is 187 g/mol. The van der Waals surface area contributed by atoms with Gasteiger partial charge < -0.3 is 10.0 Å². The standard InChI is InChI=1S/C10H21NO2/c1-5-9(4)10(13)11(6-7-12)8(2)3/h8-9,12H,5-7H2,1-4H3. The molecule has 0 aliphatic carbocycles. The lowest BCUT2D eigenvalue weighted by molar-refractivity contribution is -0.137. The number of rotatable bonds is 5. The van der Waals surface area contributed by atoms with Crippen LogP contribution in [0, 0.1) is 5.92 Å². The van der Waals surface area contributed by atoms with Gasteiger partial charge >= 0.3 is 0 Å². The van der Waals surface area contributed by atoms with E-state index in [-0.39, 0.29) is 24.5 Å². The van der Waals surface area contributed by atoms with Crippen molar-refractivity contribution in [2.45, 2.75) is 40.2 Å². The molecule has 0 aromatic carbocycles. The Labute approximate surface area is 80.7 Å². The molecule has 1 atom stereocenters. The summed E-state index contributed by atoms with van der Waals surface area (Å²) in [4.78, 5) is 13.5. The van der Waals surface area contributed by atoms with E-state index in [0.717, 1.165) is 6.42 Å². The molecule has 0 aliphatic heterocycles. The maximum absolute atomic E-state index is 11.7. The zero-order valence-electron chi connectivity index (χ0n) is 9.08. The molecule has 78 valence electrons. The summed E-state index contributed by atoms with van der Waals surface area (Å²) >= 11 is 0. The lowest BCUT2D eigenvalue weighted by Crippen LogP contribution is -2.41. The minimum Gasteiger partial charge on any atom is -0.395 e. The Kier molecular flexibility index (Phi) is 5.71. The van der Waals surface area contributed by atoms with Crippen molar-refractivity contribution in [1.29, 1.82) is 0 Å². The quantitative estimate of drug-likeness (QED) is 0.704. The van der Waals surface area contributed by atoms with E-state index in [4.69, 9.17) is 5.11 Å². The first-order valence-electron chi connectivity index (χ1n) is 4.95. The van der Waals surface area contributed by atoms with Gasteiger partial charge in [0.05, 0.1) is 6.61 Å². The largest absolute Gasteiger partial charge is 0.395 e. The molecule has 1 amide bonds. The van der Waals surface area contributed by atoms with E-state index in [1.165, 1.54) is 0 Å². The van der Waals surface area contributed by atoms with Crippen molar-refractivity contribution in [2.75, 3.05) is 13.2 Å². The van der Waals surface area contributed by atoms with Crippen molar-refractivity contribution in [3.05, 3.63) is 0 Å². The van der Waals surface area contributed by atoms with Gasteiger partial charge in [-0.25, -0.2) is 0 Å². The molecule has 1 unspecified atom stereocenters. The van der Waals surface area contributed by atoms with Crippen molar-refractivity contribution in [1.82, 2.24) is 4.90 Å². The first-order chi connectivity index (χ1) is 6.04. The molecule has 0 heterocycles. The summed E-state index contributed by atoms with van der Waals surface area (Å²) in [7, 11) is 0. The molecule has 13 heavy (non-hydrogen) atoms. The lowest BCUT2D eigenvalue weighted by atomic mass is 10.1. The van der Waals surface area contributed by atoms with Crippen molar-refractivity contribution in [2.24, 2.45) is 5.92 Å². The number of carbonyl (C=O) groups excluding carboxylic acids is 1. The molecule has 0 saturated carbocycles. The molecule has 0 aromatic rings. The van der Waals surface area contributed by atoms with Gasteiger partial charge in [-0.05, 0) is 20.3 Å². The molecule has 3 nitrogen and oxygen atoms in total. The predicted molar refractivity (Wildman–Crippen MR) is 53.4 cm³/mol. The van der Waals surface area contributed by atoms with Crippen LogP contribution in [0.3, 0.4) is 0 Å². The number of hydrogen-bond donors (Lipinski definition) is 1. The van der Waals surface area contributed by atoms with Crippen molar-refractivity contribution >= 4 is 5.91 Å². The van der Waals surface area contributed by atoms with Crippen LogP contribution < -0.4 is 0 Å². The van der Waals surface area contributed by atoms with E-state index in [2.05, 4.69) is 0 Å². The molecule has 0 bridgehead atoms. The van der Waals surface area contributed by atoms with Crippen LogP contribution >= 0.6 is 0 Å². The first-order valence-corrected chi connectivity index (χ1v) is 4.95. The minimum atomic E-state index is 0.0420. The zero-order valence-corrected chi connectivity index (χ0v) is 9.08. The summed E-state index contributed by atoms with van der Waals surface area (Å²) in [6.07, 6.45) is 0.855. The molecule has 0 saturated heterocycles. The number of carbonyl (C=O) groups is 1. The maximum Gasteiger partial charge on any atom is 0.225 e. The molecule has 0 aromatic heterocycles. The fourth-order valence-electron chi connectivity index (χ4n) is 1.19. The number of aliphatic hydroxyl groups excluding tert-OH is 1. The topological polar surface area (TPSA) is 40.5 Å². The van der Waals surface area contributed by atoms with Crippen LogP contribution in [0.2, 0.25) is 0 Å². The van der Waals surface area contributed by atoms with E-state index in [1.807, 2.05) is 27.7 Å². The van der Waals surface area contributed by atoms with E-state index < -0.39 is 0 Å². The molecule has 0 radical (unpaired) electrons. The molecule has 1 N–H and O–H groups in total. The highest BCUT2D eigenvalue weighted by molar-refractivity contribution is 5.78. The summed E-state index contributed by atoms with van der Waals surface area (Å²) in [5.41, 5.74) is 0. The Hall–Kier alpha value is -0.570. The molecule has 0 spiro atoms. The second kappa shape index (κ2) is 5.97. The SMILES string of the molecule is CCC(C)C(=O)N(CCO)C(C)C. The van der Waals surface area contributed by atoms with Gasteiger partial charge in [-0.1, -0.05) is 13.8 Å². The second-order valence-electron chi connectivity index (χ2n) is 3.66. The molecule has 0 aliphatic rings. The van der Waals surface area contributed by atoms with Gasteiger partial charge in [0, 0.05) is 18.5 Å². The molecular formula is C10H21NO2. The lowest BCUT2D eigenvalue weighted by Gasteiger charge is -2.28. The van der Waals surface area contributed by atoms with Gasteiger partial charge in [0.25, 0.3) is 0 Å². The first kappa shape index (κ1) is 12.4. The molecular weight excluding hydrogens is 166 g/mol. The van der Waals surface area contributed by atoms with Gasteiger partial charge in [-0.3, -0.25) is 4.79 Å². The van der Waals surface area contributed by atoms with Crippen LogP contribution in [-0.4, -0.2) is 35.1 Å². The Bertz CT molecular complexity index is 157. The van der Waals surface area contributed by atoms with Crippen molar-refractivity contribution in [3.63, 3.8) is 0 Å². The van der Waals surface area contributed by atoms with E-state index in [9.17, 15) is 4.79 Å². The molecule has 0 fully saturated rings. The Balaban J connectivity index is 4.27. The van der Waals surface area contributed by atoms with Gasteiger partial charge in [0.15, 0.2) is 0 Å². The van der Waals surface area contributed by atoms with E-state index in [1.54, 1.807) is 4.90 Å². The van der Waals surface area contributed by atoms with Crippen molar-refractivity contribution < 1.29 is 9.90 Å². The average Bonchev–Trinajstić information content (AvgIpc) is 2.11.